The van der Waals surface area contributed by atoms with Gasteiger partial charge in [0, 0.05) is 44.8 Å². The van der Waals surface area contributed by atoms with Crippen LogP contribution in [0.2, 0.25) is 0 Å². The van der Waals surface area contributed by atoms with E-state index in [1.807, 2.05) is 31.2 Å². The Bertz CT molecular complexity index is 1040. The van der Waals surface area contributed by atoms with Crippen LogP contribution >= 0.6 is 0 Å². The number of nitrogens with zero attached hydrogens (tertiary/aromatic N) is 2. The topological polar surface area (TPSA) is 100 Å². The number of benzene rings is 2. The molecule has 9 heteroatoms. The highest BCUT2D eigenvalue weighted by atomic mass is 16.5. The van der Waals surface area contributed by atoms with Crippen LogP contribution in [0.15, 0.2) is 48.5 Å². The summed E-state index contributed by atoms with van der Waals surface area (Å²) in [5, 5.41) is 5.80. The monoisotopic (exact) mass is 480 g/mol. The molecule has 0 spiro atoms. The van der Waals surface area contributed by atoms with Gasteiger partial charge < -0.3 is 25.0 Å². The number of amides is 3. The standard InChI is InChI=1S/C26H32N4O5/c1-2-35-21-9-7-20(8-10-21)30-18-19(17-24(30)31)25(32)28-23-6-4-3-5-22(23)26(33)27-11-12-29-13-15-34-16-14-29/h3-10,19H,2,11-18H2,1H3,(H,27,33)(H,28,32)/t19-/m1/s1. The van der Waals surface area contributed by atoms with Crippen LogP contribution < -0.4 is 20.3 Å². The van der Waals surface area contributed by atoms with Gasteiger partial charge in [-0.2, -0.15) is 0 Å². The Hall–Kier alpha value is -3.43. The molecule has 2 fully saturated rings. The molecule has 2 aromatic rings. The van der Waals surface area contributed by atoms with E-state index in [0.29, 0.717) is 37.6 Å². The fourth-order valence-corrected chi connectivity index (χ4v) is 4.29. The van der Waals surface area contributed by atoms with Crippen molar-refractivity contribution in [1.82, 2.24) is 10.2 Å². The molecule has 2 aromatic carbocycles. The number of para-hydroxylation sites is 1. The van der Waals surface area contributed by atoms with Crippen molar-refractivity contribution in [2.24, 2.45) is 5.92 Å². The van der Waals surface area contributed by atoms with Gasteiger partial charge >= 0.3 is 0 Å². The van der Waals surface area contributed by atoms with Crippen molar-refractivity contribution in [3.8, 4) is 5.75 Å². The minimum absolute atomic E-state index is 0.108. The largest absolute Gasteiger partial charge is 0.494 e. The van der Waals surface area contributed by atoms with Gasteiger partial charge in [0.25, 0.3) is 5.91 Å². The highest BCUT2D eigenvalue weighted by Crippen LogP contribution is 2.28. The summed E-state index contributed by atoms with van der Waals surface area (Å²) in [7, 11) is 0. The minimum Gasteiger partial charge on any atom is -0.494 e. The summed E-state index contributed by atoms with van der Waals surface area (Å²) < 4.78 is 10.8. The zero-order valence-corrected chi connectivity index (χ0v) is 20.0. The van der Waals surface area contributed by atoms with Gasteiger partial charge in [-0.05, 0) is 43.3 Å². The summed E-state index contributed by atoms with van der Waals surface area (Å²) in [5.41, 5.74) is 1.57. The Balaban J connectivity index is 1.34. The molecule has 2 aliphatic rings. The first-order valence-corrected chi connectivity index (χ1v) is 12.1. The molecule has 186 valence electrons. The van der Waals surface area contributed by atoms with E-state index < -0.39 is 5.92 Å². The summed E-state index contributed by atoms with van der Waals surface area (Å²) in [6, 6.07) is 14.2. The molecule has 0 radical (unpaired) electrons. The van der Waals surface area contributed by atoms with Crippen molar-refractivity contribution in [2.45, 2.75) is 13.3 Å². The molecule has 1 atom stereocenters. The summed E-state index contributed by atoms with van der Waals surface area (Å²) in [6.45, 7) is 7.15. The molecule has 35 heavy (non-hydrogen) atoms. The second kappa shape index (κ2) is 11.8. The van der Waals surface area contributed by atoms with Gasteiger partial charge in [-0.25, -0.2) is 0 Å². The van der Waals surface area contributed by atoms with Crippen LogP contribution in [0.25, 0.3) is 0 Å². The van der Waals surface area contributed by atoms with Crippen molar-refractivity contribution in [1.29, 1.82) is 0 Å². The second-order valence-corrected chi connectivity index (χ2v) is 8.58. The van der Waals surface area contributed by atoms with Crippen LogP contribution in [-0.4, -0.2) is 75.2 Å². The van der Waals surface area contributed by atoms with Crippen molar-refractivity contribution in [3.63, 3.8) is 0 Å². The summed E-state index contributed by atoms with van der Waals surface area (Å²) in [5.74, 6) is -0.403. The van der Waals surface area contributed by atoms with Crippen molar-refractivity contribution < 1.29 is 23.9 Å². The Morgan fingerprint density at radius 2 is 1.83 bits per heavy atom. The van der Waals surface area contributed by atoms with Crippen LogP contribution in [0.3, 0.4) is 0 Å². The number of anilines is 2. The zero-order chi connectivity index (χ0) is 24.6. The lowest BCUT2D eigenvalue weighted by Crippen LogP contribution is -2.41. The second-order valence-electron chi connectivity index (χ2n) is 8.58. The molecule has 2 aliphatic heterocycles. The molecule has 4 rings (SSSR count). The zero-order valence-electron chi connectivity index (χ0n) is 20.0. The SMILES string of the molecule is CCOc1ccc(N2C[C@H](C(=O)Nc3ccccc3C(=O)NCCN3CCOCC3)CC2=O)cc1. The number of carbonyl (C=O) groups excluding carboxylic acids is 3. The fourth-order valence-electron chi connectivity index (χ4n) is 4.29. The van der Waals surface area contributed by atoms with Crippen molar-refractivity contribution in [3.05, 3.63) is 54.1 Å². The Kier molecular flexibility index (Phi) is 8.33. The maximum Gasteiger partial charge on any atom is 0.253 e. The number of morpholine rings is 1. The third-order valence-corrected chi connectivity index (χ3v) is 6.20. The molecule has 0 saturated carbocycles. The first-order chi connectivity index (χ1) is 17.0. The summed E-state index contributed by atoms with van der Waals surface area (Å²) >= 11 is 0. The van der Waals surface area contributed by atoms with Gasteiger partial charge in [0.2, 0.25) is 11.8 Å². The molecule has 0 aromatic heterocycles. The van der Waals surface area contributed by atoms with Gasteiger partial charge in [0.1, 0.15) is 5.75 Å². The van der Waals surface area contributed by atoms with E-state index in [2.05, 4.69) is 15.5 Å². The van der Waals surface area contributed by atoms with Crippen molar-refractivity contribution >= 4 is 29.1 Å². The predicted octanol–water partition coefficient (Wildman–Crippen LogP) is 2.14. The molecule has 0 unspecified atom stereocenters. The third kappa shape index (κ3) is 6.37. The lowest BCUT2D eigenvalue weighted by molar-refractivity contribution is -0.122. The average molecular weight is 481 g/mol. The normalized spacial score (nSPS) is 18.4. The smallest absolute Gasteiger partial charge is 0.253 e. The van der Waals surface area contributed by atoms with Crippen LogP contribution in [0.5, 0.6) is 5.75 Å². The Morgan fingerprint density at radius 1 is 1.09 bits per heavy atom. The van der Waals surface area contributed by atoms with Crippen LogP contribution in [-0.2, 0) is 14.3 Å². The van der Waals surface area contributed by atoms with E-state index >= 15 is 0 Å². The van der Waals surface area contributed by atoms with Gasteiger partial charge in [-0.1, -0.05) is 12.1 Å². The highest BCUT2D eigenvalue weighted by Gasteiger charge is 2.35. The van der Waals surface area contributed by atoms with Crippen LogP contribution in [0.4, 0.5) is 11.4 Å². The molecular weight excluding hydrogens is 448 g/mol. The predicted molar refractivity (Wildman–Crippen MR) is 133 cm³/mol. The number of ether oxygens (including phenoxy) is 2. The molecule has 0 bridgehead atoms. The molecular formula is C26H32N4O5. The number of hydrogen-bond acceptors (Lipinski definition) is 6. The lowest BCUT2D eigenvalue weighted by atomic mass is 10.1. The third-order valence-electron chi connectivity index (χ3n) is 6.20. The van der Waals surface area contributed by atoms with Gasteiger partial charge in [-0.15, -0.1) is 0 Å². The molecule has 0 aliphatic carbocycles. The van der Waals surface area contributed by atoms with Crippen molar-refractivity contribution in [2.75, 3.05) is 62.8 Å². The lowest BCUT2D eigenvalue weighted by Gasteiger charge is -2.26. The molecule has 2 saturated heterocycles. The summed E-state index contributed by atoms with van der Waals surface area (Å²) in [4.78, 5) is 42.3. The van der Waals surface area contributed by atoms with E-state index in [-0.39, 0.29) is 30.7 Å². The van der Waals surface area contributed by atoms with Gasteiger partial charge in [0.05, 0.1) is 37.0 Å². The fraction of sp³-hybridized carbons (Fsp3) is 0.423. The molecule has 2 heterocycles. The molecule has 3 amide bonds. The summed E-state index contributed by atoms with van der Waals surface area (Å²) in [6.07, 6.45) is 0.118. The van der Waals surface area contributed by atoms with Gasteiger partial charge in [-0.3, -0.25) is 19.3 Å². The van der Waals surface area contributed by atoms with Crippen LogP contribution in [0.1, 0.15) is 23.7 Å². The van der Waals surface area contributed by atoms with Gasteiger partial charge in [0.15, 0.2) is 0 Å². The maximum absolute atomic E-state index is 13.0. The number of nitrogens with one attached hydrogen (secondary N) is 2. The van der Waals surface area contributed by atoms with E-state index in [1.54, 1.807) is 29.2 Å². The number of rotatable bonds is 9. The minimum atomic E-state index is -0.508. The maximum atomic E-state index is 13.0. The first-order valence-electron chi connectivity index (χ1n) is 12.1. The van der Waals surface area contributed by atoms with E-state index in [9.17, 15) is 14.4 Å². The number of hydrogen-bond donors (Lipinski definition) is 2. The molecule has 9 nitrogen and oxygen atoms in total. The Labute approximate surface area is 205 Å². The van der Waals surface area contributed by atoms with E-state index in [1.165, 1.54) is 0 Å². The van der Waals surface area contributed by atoms with E-state index in [4.69, 9.17) is 9.47 Å². The first kappa shape index (κ1) is 24.7. The number of carbonyl (C=O) groups is 3. The van der Waals surface area contributed by atoms with Crippen LogP contribution in [0, 0.1) is 5.92 Å². The quantitative estimate of drug-likeness (QED) is 0.571. The Morgan fingerprint density at radius 3 is 2.57 bits per heavy atom. The average Bonchev–Trinajstić information content (AvgIpc) is 3.27. The molecule has 2 N–H and O–H groups in total. The highest BCUT2D eigenvalue weighted by molar-refractivity contribution is 6.07. The van der Waals surface area contributed by atoms with E-state index in [0.717, 1.165) is 31.1 Å².